The third kappa shape index (κ3) is 4.26. The van der Waals surface area contributed by atoms with Crippen molar-refractivity contribution in [3.8, 4) is 6.07 Å². The van der Waals surface area contributed by atoms with E-state index in [1.54, 1.807) is 58.0 Å². The van der Waals surface area contributed by atoms with E-state index in [0.717, 1.165) is 4.68 Å². The number of fused-ring (bicyclic) bond motifs is 1. The van der Waals surface area contributed by atoms with Gasteiger partial charge in [0, 0.05) is 5.69 Å². The van der Waals surface area contributed by atoms with Gasteiger partial charge >= 0.3 is 7.60 Å². The van der Waals surface area contributed by atoms with Gasteiger partial charge in [0.15, 0.2) is 11.2 Å². The summed E-state index contributed by atoms with van der Waals surface area (Å²) in [6.07, 6.45) is 1.19. The Morgan fingerprint density at radius 1 is 1.19 bits per heavy atom. The van der Waals surface area contributed by atoms with Crippen molar-refractivity contribution in [2.75, 3.05) is 18.6 Å². The Balaban J connectivity index is 2.28. The van der Waals surface area contributed by atoms with E-state index in [1.165, 1.54) is 6.26 Å². The van der Waals surface area contributed by atoms with Crippen molar-refractivity contribution in [1.82, 2.24) is 4.68 Å². The van der Waals surface area contributed by atoms with Gasteiger partial charge in [-0.25, -0.2) is 4.68 Å². The summed E-state index contributed by atoms with van der Waals surface area (Å²) >= 11 is 0. The van der Waals surface area contributed by atoms with Crippen molar-refractivity contribution in [3.05, 3.63) is 79.6 Å². The number of para-hydroxylation sites is 1. The van der Waals surface area contributed by atoms with Crippen LogP contribution in [0.25, 0.3) is 11.0 Å². The zero-order valence-electron chi connectivity index (χ0n) is 18.2. The smallest absolute Gasteiger partial charge is 0.358 e. The van der Waals surface area contributed by atoms with Crippen molar-refractivity contribution in [2.45, 2.75) is 33.5 Å². The van der Waals surface area contributed by atoms with Crippen LogP contribution in [0.2, 0.25) is 0 Å². The van der Waals surface area contributed by atoms with Gasteiger partial charge in [0.2, 0.25) is 0 Å². The summed E-state index contributed by atoms with van der Waals surface area (Å²) in [6.45, 7) is 6.66. The maximum atomic E-state index is 13.8. The third-order valence-electron chi connectivity index (χ3n) is 4.89. The first-order valence-electron chi connectivity index (χ1n) is 10.1. The highest BCUT2D eigenvalue weighted by molar-refractivity contribution is 7.54. The molecule has 168 valence electrons. The van der Waals surface area contributed by atoms with Crippen molar-refractivity contribution in [1.29, 1.82) is 5.26 Å². The fourth-order valence-corrected chi connectivity index (χ4v) is 5.32. The molecule has 0 spiro atoms. The Morgan fingerprint density at radius 3 is 2.47 bits per heavy atom. The molecule has 10 heteroatoms. The number of benzene rings is 1. The van der Waals surface area contributed by atoms with Gasteiger partial charge in [-0.2, -0.15) is 5.26 Å². The first-order valence-corrected chi connectivity index (χ1v) is 11.7. The molecule has 2 heterocycles. The van der Waals surface area contributed by atoms with Gasteiger partial charge in [0.05, 0.1) is 24.2 Å². The molecule has 32 heavy (non-hydrogen) atoms. The van der Waals surface area contributed by atoms with Crippen LogP contribution in [-0.4, -0.2) is 17.9 Å². The summed E-state index contributed by atoms with van der Waals surface area (Å²) < 4.78 is 31.5. The summed E-state index contributed by atoms with van der Waals surface area (Å²) in [5.41, 5.74) is 2.96. The molecule has 0 saturated heterocycles. The number of nitrogens with zero attached hydrogens (tertiary/aromatic N) is 2. The Kier molecular flexibility index (Phi) is 6.99. The van der Waals surface area contributed by atoms with Crippen LogP contribution in [0.15, 0.2) is 50.6 Å². The molecule has 1 N–H and O–H groups in total. The van der Waals surface area contributed by atoms with Gasteiger partial charge in [0.1, 0.15) is 23.5 Å². The predicted octanol–water partition coefficient (Wildman–Crippen LogP) is 3.95. The summed E-state index contributed by atoms with van der Waals surface area (Å²) in [6, 6.07) is 10.2. The van der Waals surface area contributed by atoms with Gasteiger partial charge in [-0.15, -0.1) is 0 Å². The highest BCUT2D eigenvalue weighted by atomic mass is 31.2. The zero-order chi connectivity index (χ0) is 23.5. The number of nitrogens with one attached hydrogen (secondary N) is 1. The van der Waals surface area contributed by atoms with Crippen molar-refractivity contribution in [2.24, 2.45) is 0 Å². The molecule has 3 aromatic rings. The van der Waals surface area contributed by atoms with E-state index >= 15 is 0 Å². The predicted molar refractivity (Wildman–Crippen MR) is 120 cm³/mol. The molecular weight excluding hydrogens is 433 g/mol. The first-order chi connectivity index (χ1) is 15.3. The molecule has 0 saturated carbocycles. The number of pyridine rings is 1. The number of aryl methyl sites for hydroxylation is 2. The fourth-order valence-electron chi connectivity index (χ4n) is 3.45. The van der Waals surface area contributed by atoms with Crippen LogP contribution in [0.4, 0.5) is 0 Å². The molecular formula is C22H24N3O6P. The van der Waals surface area contributed by atoms with Gasteiger partial charge in [-0.3, -0.25) is 14.2 Å². The van der Waals surface area contributed by atoms with E-state index in [1.807, 2.05) is 6.07 Å². The maximum absolute atomic E-state index is 13.8. The number of hydrogen-bond donors (Lipinski definition) is 1. The Morgan fingerprint density at radius 2 is 1.84 bits per heavy atom. The van der Waals surface area contributed by atoms with Crippen LogP contribution in [0.3, 0.4) is 0 Å². The highest BCUT2D eigenvalue weighted by Crippen LogP contribution is 2.59. The second-order valence-electron chi connectivity index (χ2n) is 7.02. The Labute approximate surface area is 184 Å². The Bertz CT molecular complexity index is 1340. The summed E-state index contributed by atoms with van der Waals surface area (Å²) in [7, 11) is -4.01. The lowest BCUT2D eigenvalue weighted by Crippen LogP contribution is -2.37. The molecule has 0 aliphatic carbocycles. The van der Waals surface area contributed by atoms with Crippen LogP contribution in [0, 0.1) is 25.2 Å². The van der Waals surface area contributed by atoms with Crippen molar-refractivity contribution < 1.29 is 18.0 Å². The molecule has 0 fully saturated rings. The minimum absolute atomic E-state index is 0.0284. The van der Waals surface area contributed by atoms with E-state index < -0.39 is 24.4 Å². The number of aromatic nitrogens is 1. The van der Waals surface area contributed by atoms with Gasteiger partial charge in [0.25, 0.3) is 5.56 Å². The normalized spacial score (nSPS) is 12.5. The van der Waals surface area contributed by atoms with Crippen LogP contribution < -0.4 is 16.4 Å². The fraction of sp³-hybridized carbons (Fsp3) is 0.318. The SMILES string of the molecule is CCOP(=O)(OCC)C(Nn1c(C)cc(C)c(C#N)c1=O)c1coc2ccccc2c1=O. The van der Waals surface area contributed by atoms with Crippen LogP contribution in [0.1, 0.15) is 42.0 Å². The molecule has 1 aromatic carbocycles. The topological polar surface area (TPSA) is 124 Å². The molecule has 1 atom stereocenters. The molecule has 9 nitrogen and oxygen atoms in total. The quantitative estimate of drug-likeness (QED) is 0.504. The van der Waals surface area contributed by atoms with Crippen LogP contribution >= 0.6 is 7.60 Å². The molecule has 0 aliphatic rings. The standard InChI is InChI=1S/C22H24N3O6P/c1-5-30-32(28,31-6-2)21(18-13-29-19-10-8-7-9-16(19)20(18)26)24-25-15(4)11-14(3)17(12-23)22(25)27/h7-11,13,21,24H,5-6H2,1-4H3. The third-order valence-corrected chi connectivity index (χ3v) is 7.15. The average molecular weight is 457 g/mol. The van der Waals surface area contributed by atoms with Gasteiger partial charge in [-0.05, 0) is 51.5 Å². The van der Waals surface area contributed by atoms with E-state index in [2.05, 4.69) is 5.43 Å². The van der Waals surface area contributed by atoms with E-state index in [9.17, 15) is 19.4 Å². The van der Waals surface area contributed by atoms with E-state index in [-0.39, 0.29) is 29.7 Å². The minimum Gasteiger partial charge on any atom is -0.464 e. The lowest BCUT2D eigenvalue weighted by Gasteiger charge is -2.28. The monoisotopic (exact) mass is 457 g/mol. The number of nitriles is 1. The second kappa shape index (κ2) is 9.53. The van der Waals surface area contributed by atoms with Crippen LogP contribution in [-0.2, 0) is 13.6 Å². The summed E-state index contributed by atoms with van der Waals surface area (Å²) in [5.74, 6) is -1.37. The van der Waals surface area contributed by atoms with E-state index in [4.69, 9.17) is 13.5 Å². The molecule has 0 radical (unpaired) electrons. The molecule has 2 aromatic heterocycles. The first kappa shape index (κ1) is 23.5. The Hall–Kier alpha value is -3.18. The average Bonchev–Trinajstić information content (AvgIpc) is 2.75. The molecule has 0 aliphatic heterocycles. The maximum Gasteiger partial charge on any atom is 0.358 e. The summed E-state index contributed by atoms with van der Waals surface area (Å²) in [4.78, 5) is 26.2. The van der Waals surface area contributed by atoms with Gasteiger partial charge in [-0.1, -0.05) is 12.1 Å². The largest absolute Gasteiger partial charge is 0.464 e. The second-order valence-corrected chi connectivity index (χ2v) is 9.13. The van der Waals surface area contributed by atoms with Crippen LogP contribution in [0.5, 0.6) is 0 Å². The molecule has 0 amide bonds. The summed E-state index contributed by atoms with van der Waals surface area (Å²) in [5, 5.41) is 9.68. The lowest BCUT2D eigenvalue weighted by molar-refractivity contribution is 0.212. The zero-order valence-corrected chi connectivity index (χ0v) is 19.1. The minimum atomic E-state index is -4.01. The molecule has 3 rings (SSSR count). The lowest BCUT2D eigenvalue weighted by atomic mass is 10.1. The van der Waals surface area contributed by atoms with E-state index in [0.29, 0.717) is 16.8 Å². The number of hydrogen-bond acceptors (Lipinski definition) is 8. The highest BCUT2D eigenvalue weighted by Gasteiger charge is 2.40. The van der Waals surface area contributed by atoms with Crippen molar-refractivity contribution in [3.63, 3.8) is 0 Å². The number of rotatable bonds is 8. The van der Waals surface area contributed by atoms with Gasteiger partial charge < -0.3 is 18.9 Å². The molecule has 1 unspecified atom stereocenters. The molecule has 0 bridgehead atoms. The van der Waals surface area contributed by atoms with Crippen molar-refractivity contribution >= 4 is 18.6 Å².